The monoisotopic (exact) mass is 590 g/mol. The summed E-state index contributed by atoms with van der Waals surface area (Å²) in [5.74, 6) is 0.324. The molecule has 0 atom stereocenters. The zero-order valence-electron chi connectivity index (χ0n) is 22.4. The van der Waals surface area contributed by atoms with E-state index in [4.69, 9.17) is 21.1 Å². The molecule has 4 aromatic rings. The Hall–Kier alpha value is -4.34. The highest BCUT2D eigenvalue weighted by atomic mass is 35.5. The summed E-state index contributed by atoms with van der Waals surface area (Å²) in [6.07, 6.45) is 0.530. The number of halogens is 1. The molecule has 1 aliphatic rings. The molecule has 10 heteroatoms. The van der Waals surface area contributed by atoms with Gasteiger partial charge in [0.2, 0.25) is 9.84 Å². The molecule has 210 valence electrons. The van der Waals surface area contributed by atoms with E-state index in [2.05, 4.69) is 5.32 Å². The minimum absolute atomic E-state index is 0.0494. The average molecular weight is 591 g/mol. The lowest BCUT2D eigenvalue weighted by Gasteiger charge is -2.23. The standard InChI is InChI=1S/C31H27ClN2O6S/c1-39-26-13-9-20(17-27(26)40-2)15-16-33-30(35)22-10-14-29-25(18-22)34(19-21-7-11-23(32)12-8-21)31(36)24-5-3-4-6-28(24)41(29,37)38/h3-14,17-18H,15-16,19H2,1-2H3,(H,33,35). The van der Waals surface area contributed by atoms with Crippen LogP contribution in [0.4, 0.5) is 5.69 Å². The first kappa shape index (κ1) is 28.2. The van der Waals surface area contributed by atoms with Gasteiger partial charge in [-0.2, -0.15) is 0 Å². The summed E-state index contributed by atoms with van der Waals surface area (Å²) in [5, 5.41) is 3.42. The number of carbonyl (C=O) groups is 2. The Labute approximate surface area is 243 Å². The normalized spacial score (nSPS) is 13.5. The van der Waals surface area contributed by atoms with E-state index in [0.29, 0.717) is 29.5 Å². The fourth-order valence-corrected chi connectivity index (χ4v) is 6.49. The van der Waals surface area contributed by atoms with E-state index in [1.165, 1.54) is 35.2 Å². The predicted octanol–water partition coefficient (Wildman–Crippen LogP) is 5.32. The average Bonchev–Trinajstić information content (AvgIpc) is 3.05. The Morgan fingerprint density at radius 1 is 0.854 bits per heavy atom. The summed E-state index contributed by atoms with van der Waals surface area (Å²) in [7, 11) is -0.929. The van der Waals surface area contributed by atoms with Gasteiger partial charge in [-0.3, -0.25) is 9.59 Å². The molecule has 1 N–H and O–H groups in total. The molecule has 0 aliphatic carbocycles. The minimum atomic E-state index is -4.05. The summed E-state index contributed by atoms with van der Waals surface area (Å²) in [6, 6.07) is 22.9. The topological polar surface area (TPSA) is 102 Å². The maximum atomic E-state index is 13.8. The first-order chi connectivity index (χ1) is 19.7. The number of methoxy groups -OCH3 is 2. The Bertz CT molecular complexity index is 1740. The van der Waals surface area contributed by atoms with E-state index in [1.54, 1.807) is 56.7 Å². The van der Waals surface area contributed by atoms with Gasteiger partial charge in [-0.25, -0.2) is 8.42 Å². The number of amides is 2. The van der Waals surface area contributed by atoms with E-state index in [1.807, 2.05) is 12.1 Å². The van der Waals surface area contributed by atoms with Crippen molar-refractivity contribution in [1.29, 1.82) is 0 Å². The van der Waals surface area contributed by atoms with Crippen molar-refractivity contribution in [3.8, 4) is 11.5 Å². The Kier molecular flexibility index (Phi) is 8.01. The summed E-state index contributed by atoms with van der Waals surface area (Å²) in [6.45, 7) is 0.403. The molecule has 0 aromatic heterocycles. The van der Waals surface area contributed by atoms with Crippen LogP contribution in [-0.4, -0.2) is 41.0 Å². The van der Waals surface area contributed by atoms with Gasteiger partial charge in [0.1, 0.15) is 0 Å². The van der Waals surface area contributed by atoms with Gasteiger partial charge in [0.15, 0.2) is 11.5 Å². The highest BCUT2D eigenvalue weighted by Crippen LogP contribution is 2.38. The molecule has 4 aromatic carbocycles. The van der Waals surface area contributed by atoms with Gasteiger partial charge in [0.25, 0.3) is 11.8 Å². The highest BCUT2D eigenvalue weighted by Gasteiger charge is 2.36. The molecule has 1 aliphatic heterocycles. The van der Waals surface area contributed by atoms with Crippen LogP contribution in [0.5, 0.6) is 11.5 Å². The largest absolute Gasteiger partial charge is 0.493 e. The summed E-state index contributed by atoms with van der Waals surface area (Å²) in [4.78, 5) is 28.2. The number of hydrogen-bond acceptors (Lipinski definition) is 6. The molecule has 1 heterocycles. The number of nitrogens with one attached hydrogen (secondary N) is 1. The number of rotatable bonds is 8. The van der Waals surface area contributed by atoms with Gasteiger partial charge >= 0.3 is 0 Å². The third-order valence-electron chi connectivity index (χ3n) is 6.85. The van der Waals surface area contributed by atoms with Crippen molar-refractivity contribution in [3.63, 3.8) is 0 Å². The number of nitrogens with zero attached hydrogens (tertiary/aromatic N) is 1. The van der Waals surface area contributed by atoms with E-state index >= 15 is 0 Å². The number of fused-ring (bicyclic) bond motifs is 2. The Balaban J connectivity index is 1.46. The van der Waals surface area contributed by atoms with Crippen LogP contribution < -0.4 is 19.7 Å². The van der Waals surface area contributed by atoms with Crippen molar-refractivity contribution in [1.82, 2.24) is 5.32 Å². The lowest BCUT2D eigenvalue weighted by Crippen LogP contribution is -2.31. The smallest absolute Gasteiger partial charge is 0.259 e. The first-order valence-electron chi connectivity index (χ1n) is 12.8. The van der Waals surface area contributed by atoms with Gasteiger partial charge in [0.05, 0.1) is 41.8 Å². The van der Waals surface area contributed by atoms with Crippen LogP contribution in [0.3, 0.4) is 0 Å². The van der Waals surface area contributed by atoms with Crippen LogP contribution in [0.2, 0.25) is 5.02 Å². The maximum absolute atomic E-state index is 13.8. The van der Waals surface area contributed by atoms with Crippen molar-refractivity contribution >= 4 is 38.9 Å². The van der Waals surface area contributed by atoms with E-state index in [9.17, 15) is 18.0 Å². The van der Waals surface area contributed by atoms with Gasteiger partial charge in [-0.1, -0.05) is 41.9 Å². The number of ether oxygens (including phenoxy) is 2. The zero-order chi connectivity index (χ0) is 29.1. The molecule has 5 rings (SSSR count). The van der Waals surface area contributed by atoms with E-state index in [-0.39, 0.29) is 33.2 Å². The molecule has 2 amide bonds. The van der Waals surface area contributed by atoms with Gasteiger partial charge in [-0.15, -0.1) is 0 Å². The highest BCUT2D eigenvalue weighted by molar-refractivity contribution is 7.91. The predicted molar refractivity (Wildman–Crippen MR) is 156 cm³/mol. The Morgan fingerprint density at radius 2 is 1.56 bits per heavy atom. The SMILES string of the molecule is COc1ccc(CCNC(=O)c2ccc3c(c2)N(Cc2ccc(Cl)cc2)C(=O)c2ccccc2S3(=O)=O)cc1OC. The molecular weight excluding hydrogens is 564 g/mol. The molecule has 41 heavy (non-hydrogen) atoms. The van der Waals surface area contributed by atoms with Crippen LogP contribution in [0.1, 0.15) is 31.8 Å². The second-order valence-corrected chi connectivity index (χ2v) is 11.7. The quantitative estimate of drug-likeness (QED) is 0.298. The summed E-state index contributed by atoms with van der Waals surface area (Å²) in [5.41, 5.74) is 2.11. The van der Waals surface area contributed by atoms with Crippen LogP contribution in [0.15, 0.2) is 94.7 Å². The Morgan fingerprint density at radius 3 is 2.29 bits per heavy atom. The molecule has 0 unspecified atom stereocenters. The third kappa shape index (κ3) is 5.64. The van der Waals surface area contributed by atoms with E-state index in [0.717, 1.165) is 11.1 Å². The van der Waals surface area contributed by atoms with Gasteiger partial charge in [-0.05, 0) is 72.1 Å². The molecule has 0 radical (unpaired) electrons. The lowest BCUT2D eigenvalue weighted by atomic mass is 10.1. The van der Waals surface area contributed by atoms with Crippen molar-refractivity contribution in [2.45, 2.75) is 22.8 Å². The van der Waals surface area contributed by atoms with Crippen LogP contribution in [0.25, 0.3) is 0 Å². The van der Waals surface area contributed by atoms with Crippen molar-refractivity contribution in [3.05, 3.63) is 112 Å². The second-order valence-electron chi connectivity index (χ2n) is 9.40. The molecule has 0 saturated heterocycles. The molecule has 0 saturated carbocycles. The number of carbonyl (C=O) groups excluding carboxylic acids is 2. The summed E-state index contributed by atoms with van der Waals surface area (Å²) >= 11 is 6.04. The van der Waals surface area contributed by atoms with Crippen LogP contribution in [0, 0.1) is 0 Å². The van der Waals surface area contributed by atoms with Crippen molar-refractivity contribution in [2.24, 2.45) is 0 Å². The number of benzene rings is 4. The van der Waals surface area contributed by atoms with Crippen LogP contribution in [-0.2, 0) is 22.8 Å². The number of sulfone groups is 1. The third-order valence-corrected chi connectivity index (χ3v) is 8.97. The van der Waals surface area contributed by atoms with E-state index < -0.39 is 21.7 Å². The van der Waals surface area contributed by atoms with Crippen LogP contribution >= 0.6 is 11.6 Å². The maximum Gasteiger partial charge on any atom is 0.259 e. The molecule has 0 bridgehead atoms. The number of hydrogen-bond donors (Lipinski definition) is 1. The number of anilines is 1. The fraction of sp³-hybridized carbons (Fsp3) is 0.161. The zero-order valence-corrected chi connectivity index (χ0v) is 24.0. The molecule has 8 nitrogen and oxygen atoms in total. The van der Waals surface area contributed by atoms with Gasteiger partial charge in [0, 0.05) is 17.1 Å². The van der Waals surface area contributed by atoms with Gasteiger partial charge < -0.3 is 19.7 Å². The lowest BCUT2D eigenvalue weighted by molar-refractivity contribution is 0.0950. The first-order valence-corrected chi connectivity index (χ1v) is 14.6. The minimum Gasteiger partial charge on any atom is -0.493 e. The van der Waals surface area contributed by atoms with Crippen molar-refractivity contribution < 1.29 is 27.5 Å². The summed E-state index contributed by atoms with van der Waals surface area (Å²) < 4.78 is 38.0. The second kappa shape index (κ2) is 11.6. The molecule has 0 spiro atoms. The fourth-order valence-electron chi connectivity index (χ4n) is 4.74. The van der Waals surface area contributed by atoms with Crippen molar-refractivity contribution in [2.75, 3.05) is 25.7 Å². The molecule has 0 fully saturated rings. The molecular formula is C31H27ClN2O6S.